The maximum absolute atomic E-state index is 13.9. The van der Waals surface area contributed by atoms with Gasteiger partial charge in [0.15, 0.2) is 0 Å². The molecule has 3 aromatic rings. The third kappa shape index (κ3) is 2.48. The fraction of sp³-hybridized carbons (Fsp3) is 0.167. The molecule has 7 nitrogen and oxygen atoms in total. The smallest absolute Gasteiger partial charge is 0.440 e. The molecule has 1 aromatic heterocycles. The number of halogens is 3. The van der Waals surface area contributed by atoms with Gasteiger partial charge in [-0.3, -0.25) is 9.59 Å². The molecule has 0 saturated heterocycles. The standard InChI is InChI=1S/C18H13F3N4O3/c1-28-11-8-6-10(7-9-11)14(26)23-17(18(19,20)21)15(27)25-13-5-3-2-4-12(13)22-16(25)24-17/h2-9H,1H3,(H,22,24)(H,23,26)/t17-/m0/s1. The number of rotatable bonds is 3. The van der Waals surface area contributed by atoms with Gasteiger partial charge in [-0.25, -0.2) is 9.55 Å². The molecular formula is C18H13F3N4O3. The fourth-order valence-electron chi connectivity index (χ4n) is 3.04. The Morgan fingerprint density at radius 1 is 1.18 bits per heavy atom. The lowest BCUT2D eigenvalue weighted by atomic mass is 10.1. The first-order valence-electron chi connectivity index (χ1n) is 8.10. The lowest BCUT2D eigenvalue weighted by Crippen LogP contribution is -2.67. The Bertz CT molecular complexity index is 1090. The van der Waals surface area contributed by atoms with Crippen LogP contribution in [0, 0.1) is 0 Å². The van der Waals surface area contributed by atoms with E-state index in [2.05, 4.69) is 10.3 Å². The van der Waals surface area contributed by atoms with Gasteiger partial charge in [-0.05, 0) is 36.4 Å². The van der Waals surface area contributed by atoms with Crippen LogP contribution in [0.25, 0.3) is 11.0 Å². The third-order valence-electron chi connectivity index (χ3n) is 4.46. The second kappa shape index (κ2) is 5.98. The highest BCUT2D eigenvalue weighted by Gasteiger charge is 2.66. The zero-order chi connectivity index (χ0) is 20.1. The summed E-state index contributed by atoms with van der Waals surface area (Å²) >= 11 is 0. The van der Waals surface area contributed by atoms with Crippen LogP contribution in [0.4, 0.5) is 19.1 Å². The third-order valence-corrected chi connectivity index (χ3v) is 4.46. The van der Waals surface area contributed by atoms with Crippen molar-refractivity contribution in [3.63, 3.8) is 0 Å². The van der Waals surface area contributed by atoms with Gasteiger partial charge in [-0.15, -0.1) is 0 Å². The molecule has 28 heavy (non-hydrogen) atoms. The predicted molar refractivity (Wildman–Crippen MR) is 93.2 cm³/mol. The summed E-state index contributed by atoms with van der Waals surface area (Å²) in [7, 11) is 1.42. The molecule has 0 fully saturated rings. The number of methoxy groups -OCH3 is 1. The number of para-hydroxylation sites is 2. The Balaban J connectivity index is 1.74. The van der Waals surface area contributed by atoms with Crippen molar-refractivity contribution < 1.29 is 27.5 Å². The van der Waals surface area contributed by atoms with E-state index in [1.807, 2.05) is 5.32 Å². The van der Waals surface area contributed by atoms with Gasteiger partial charge < -0.3 is 15.4 Å². The van der Waals surface area contributed by atoms with Gasteiger partial charge in [0, 0.05) is 5.56 Å². The van der Waals surface area contributed by atoms with Crippen LogP contribution in [0.1, 0.15) is 15.2 Å². The van der Waals surface area contributed by atoms with Crippen molar-refractivity contribution in [1.29, 1.82) is 0 Å². The lowest BCUT2D eigenvalue weighted by Gasteiger charge is -2.30. The molecule has 0 radical (unpaired) electrons. The normalized spacial score (nSPS) is 18.6. The van der Waals surface area contributed by atoms with Crippen molar-refractivity contribution in [1.82, 2.24) is 14.9 Å². The first-order valence-corrected chi connectivity index (χ1v) is 8.10. The van der Waals surface area contributed by atoms with Crippen molar-refractivity contribution >= 4 is 28.8 Å². The van der Waals surface area contributed by atoms with Crippen LogP contribution in [0.15, 0.2) is 48.5 Å². The Morgan fingerprint density at radius 3 is 2.50 bits per heavy atom. The van der Waals surface area contributed by atoms with Crippen LogP contribution < -0.4 is 15.4 Å². The van der Waals surface area contributed by atoms with Gasteiger partial charge in [0.1, 0.15) is 5.75 Å². The molecule has 0 spiro atoms. The summed E-state index contributed by atoms with van der Waals surface area (Å²) in [6, 6.07) is 11.7. The number of ether oxygens (including phenoxy) is 1. The van der Waals surface area contributed by atoms with E-state index in [4.69, 9.17) is 4.74 Å². The van der Waals surface area contributed by atoms with E-state index in [1.165, 1.54) is 37.4 Å². The largest absolute Gasteiger partial charge is 0.497 e. The summed E-state index contributed by atoms with van der Waals surface area (Å²) < 4.78 is 47.6. The molecule has 0 saturated carbocycles. The van der Waals surface area contributed by atoms with E-state index in [1.54, 1.807) is 18.2 Å². The van der Waals surface area contributed by atoms with E-state index in [9.17, 15) is 22.8 Å². The minimum Gasteiger partial charge on any atom is -0.497 e. The Hall–Kier alpha value is -3.56. The number of fused-ring (bicyclic) bond motifs is 3. The maximum atomic E-state index is 13.9. The molecule has 0 unspecified atom stereocenters. The van der Waals surface area contributed by atoms with E-state index in [0.29, 0.717) is 11.3 Å². The number of amides is 1. The zero-order valence-corrected chi connectivity index (χ0v) is 14.4. The number of nitrogens with one attached hydrogen (secondary N) is 2. The first-order chi connectivity index (χ1) is 13.3. The van der Waals surface area contributed by atoms with Crippen molar-refractivity contribution in [3.8, 4) is 5.75 Å². The molecule has 1 atom stereocenters. The molecule has 2 aromatic carbocycles. The molecule has 144 valence electrons. The second-order valence-corrected chi connectivity index (χ2v) is 6.12. The van der Waals surface area contributed by atoms with Crippen molar-refractivity contribution in [2.45, 2.75) is 11.8 Å². The van der Waals surface area contributed by atoms with Gasteiger partial charge in [0.05, 0.1) is 18.1 Å². The number of nitrogens with zero attached hydrogens (tertiary/aromatic N) is 2. The highest BCUT2D eigenvalue weighted by molar-refractivity contribution is 6.08. The molecule has 1 aliphatic rings. The molecule has 1 amide bonds. The number of benzene rings is 2. The molecule has 0 aliphatic carbocycles. The van der Waals surface area contributed by atoms with Gasteiger partial charge in [0.25, 0.3) is 17.5 Å². The summed E-state index contributed by atoms with van der Waals surface area (Å²) in [4.78, 5) is 29.3. The lowest BCUT2D eigenvalue weighted by molar-refractivity contribution is -0.169. The number of hydrogen-bond acceptors (Lipinski definition) is 5. The molecule has 2 heterocycles. The number of carbonyl (C=O) groups excluding carboxylic acids is 2. The highest BCUT2D eigenvalue weighted by atomic mass is 19.4. The average molecular weight is 390 g/mol. The predicted octanol–water partition coefficient (Wildman–Crippen LogP) is 2.80. The Morgan fingerprint density at radius 2 is 1.86 bits per heavy atom. The van der Waals surface area contributed by atoms with Crippen LogP contribution in [0.5, 0.6) is 5.75 Å². The van der Waals surface area contributed by atoms with Gasteiger partial charge in [0.2, 0.25) is 5.95 Å². The zero-order valence-electron chi connectivity index (χ0n) is 14.4. The van der Waals surface area contributed by atoms with Crippen LogP contribution in [0.3, 0.4) is 0 Å². The summed E-state index contributed by atoms with van der Waals surface area (Å²) in [6.07, 6.45) is -5.12. The molecular weight excluding hydrogens is 377 g/mol. The van der Waals surface area contributed by atoms with Crippen LogP contribution in [0.2, 0.25) is 0 Å². The summed E-state index contributed by atoms with van der Waals surface area (Å²) in [5.41, 5.74) is -2.82. The topological polar surface area (TPSA) is 85.2 Å². The number of imidazole rings is 1. The van der Waals surface area contributed by atoms with Crippen LogP contribution in [-0.4, -0.2) is 40.3 Å². The molecule has 1 aliphatic heterocycles. The number of hydrogen-bond donors (Lipinski definition) is 2. The van der Waals surface area contributed by atoms with E-state index in [-0.39, 0.29) is 17.0 Å². The van der Waals surface area contributed by atoms with E-state index >= 15 is 0 Å². The van der Waals surface area contributed by atoms with Crippen molar-refractivity contribution in [3.05, 3.63) is 54.1 Å². The fourth-order valence-corrected chi connectivity index (χ4v) is 3.04. The Labute approximate surface area is 156 Å². The van der Waals surface area contributed by atoms with Crippen molar-refractivity contribution in [2.75, 3.05) is 12.4 Å². The van der Waals surface area contributed by atoms with Crippen LogP contribution >= 0.6 is 0 Å². The minimum absolute atomic E-state index is 0.0616. The number of carbonyl (C=O) groups is 2. The van der Waals surface area contributed by atoms with Gasteiger partial charge in [-0.1, -0.05) is 12.1 Å². The minimum atomic E-state index is -5.12. The molecule has 0 bridgehead atoms. The number of alkyl halides is 3. The molecule has 4 rings (SSSR count). The van der Waals surface area contributed by atoms with Crippen LogP contribution in [-0.2, 0) is 0 Å². The quantitative estimate of drug-likeness (QED) is 0.719. The molecule has 2 N–H and O–H groups in total. The average Bonchev–Trinajstić information content (AvgIpc) is 3.16. The van der Waals surface area contributed by atoms with E-state index in [0.717, 1.165) is 4.57 Å². The maximum Gasteiger partial charge on any atom is 0.440 e. The highest BCUT2D eigenvalue weighted by Crippen LogP contribution is 2.39. The summed E-state index contributed by atoms with van der Waals surface area (Å²) in [6.45, 7) is 0. The Kier molecular flexibility index (Phi) is 3.81. The summed E-state index contributed by atoms with van der Waals surface area (Å²) in [5.74, 6) is -2.32. The first kappa shape index (κ1) is 17.8. The monoisotopic (exact) mass is 390 g/mol. The SMILES string of the molecule is COc1ccc(C(=O)N[C@]2(C(F)(F)F)Nc3nc4ccccc4n3C2=O)cc1. The number of aromatic nitrogens is 2. The van der Waals surface area contributed by atoms with E-state index < -0.39 is 23.7 Å². The van der Waals surface area contributed by atoms with Gasteiger partial charge in [-0.2, -0.15) is 13.2 Å². The summed E-state index contributed by atoms with van der Waals surface area (Å²) in [5, 5.41) is 3.88. The van der Waals surface area contributed by atoms with Crippen molar-refractivity contribution in [2.24, 2.45) is 0 Å². The second-order valence-electron chi connectivity index (χ2n) is 6.12. The van der Waals surface area contributed by atoms with Gasteiger partial charge >= 0.3 is 6.18 Å². The molecule has 10 heteroatoms. The number of anilines is 1.